The van der Waals surface area contributed by atoms with E-state index >= 15 is 0 Å². The van der Waals surface area contributed by atoms with Gasteiger partial charge in [0.25, 0.3) is 0 Å². The van der Waals surface area contributed by atoms with Crippen LogP contribution in [0.2, 0.25) is 0 Å². The lowest BCUT2D eigenvalue weighted by Gasteiger charge is -2.35. The molecule has 1 N–H and O–H groups in total. The number of hydrogen-bond acceptors (Lipinski definition) is 5. The van der Waals surface area contributed by atoms with E-state index in [2.05, 4.69) is 34.5 Å². The van der Waals surface area contributed by atoms with Gasteiger partial charge < -0.3 is 10.1 Å². The monoisotopic (exact) mass is 446 g/mol. The van der Waals surface area contributed by atoms with Gasteiger partial charge in [0.2, 0.25) is 5.91 Å². The van der Waals surface area contributed by atoms with Crippen molar-refractivity contribution in [3.05, 3.63) is 83.5 Å². The first-order valence-corrected chi connectivity index (χ1v) is 11.8. The summed E-state index contributed by atoms with van der Waals surface area (Å²) in [6, 6.07) is 20.6. The number of carbonyl (C=O) groups excluding carboxylic acids is 1. The van der Waals surface area contributed by atoms with Crippen LogP contribution in [0.1, 0.15) is 17.3 Å². The van der Waals surface area contributed by atoms with E-state index in [1.807, 2.05) is 52.4 Å². The molecule has 1 aliphatic rings. The molecule has 7 heteroatoms. The Morgan fingerprint density at radius 3 is 2.53 bits per heavy atom. The predicted octanol–water partition coefficient (Wildman–Crippen LogP) is 3.80. The van der Waals surface area contributed by atoms with Crippen LogP contribution in [0.3, 0.4) is 0 Å². The minimum absolute atomic E-state index is 0.0221. The highest BCUT2D eigenvalue weighted by Crippen LogP contribution is 2.24. The van der Waals surface area contributed by atoms with Crippen LogP contribution in [0.5, 0.6) is 0 Å². The van der Waals surface area contributed by atoms with E-state index in [4.69, 9.17) is 9.72 Å². The quantitative estimate of drug-likeness (QED) is 0.469. The molecule has 0 radical (unpaired) electrons. The zero-order valence-electron chi connectivity index (χ0n) is 17.8. The Balaban J connectivity index is 1.27. The highest BCUT2D eigenvalue weighted by molar-refractivity contribution is 7.15. The highest BCUT2D eigenvalue weighted by Gasteiger charge is 2.23. The van der Waals surface area contributed by atoms with Gasteiger partial charge in [0.05, 0.1) is 31.4 Å². The Morgan fingerprint density at radius 2 is 1.78 bits per heavy atom. The van der Waals surface area contributed by atoms with Gasteiger partial charge in [-0.25, -0.2) is 4.98 Å². The van der Waals surface area contributed by atoms with Gasteiger partial charge in [-0.15, -0.1) is 11.3 Å². The first-order chi connectivity index (χ1) is 15.8. The van der Waals surface area contributed by atoms with Gasteiger partial charge >= 0.3 is 0 Å². The van der Waals surface area contributed by atoms with Gasteiger partial charge in [0.1, 0.15) is 0 Å². The molecular formula is C25H26N4O2S. The summed E-state index contributed by atoms with van der Waals surface area (Å²) in [7, 11) is 0. The van der Waals surface area contributed by atoms with Crippen molar-refractivity contribution in [3.63, 3.8) is 0 Å². The summed E-state index contributed by atoms with van der Waals surface area (Å²) < 4.78 is 7.55. The molecule has 1 fully saturated rings. The maximum Gasteiger partial charge on any atom is 0.226 e. The molecule has 4 aromatic rings. The number of hydrogen-bond donors (Lipinski definition) is 1. The minimum Gasteiger partial charge on any atom is -0.379 e. The zero-order valence-corrected chi connectivity index (χ0v) is 18.6. The molecule has 1 unspecified atom stereocenters. The van der Waals surface area contributed by atoms with E-state index < -0.39 is 0 Å². The van der Waals surface area contributed by atoms with Gasteiger partial charge in [0.15, 0.2) is 4.96 Å². The first-order valence-electron chi connectivity index (χ1n) is 10.9. The fraction of sp³-hybridized carbons (Fsp3) is 0.280. The summed E-state index contributed by atoms with van der Waals surface area (Å²) in [5, 5.41) is 5.19. The van der Waals surface area contributed by atoms with E-state index in [1.165, 1.54) is 5.56 Å². The topological polar surface area (TPSA) is 58.9 Å². The fourth-order valence-electron chi connectivity index (χ4n) is 4.16. The molecule has 164 valence electrons. The summed E-state index contributed by atoms with van der Waals surface area (Å²) >= 11 is 1.57. The number of morpholine rings is 1. The predicted molar refractivity (Wildman–Crippen MR) is 127 cm³/mol. The fourth-order valence-corrected chi connectivity index (χ4v) is 5.04. The second-order valence-electron chi connectivity index (χ2n) is 7.93. The summed E-state index contributed by atoms with van der Waals surface area (Å²) in [5.41, 5.74) is 4.18. The van der Waals surface area contributed by atoms with Gasteiger partial charge in [-0.3, -0.25) is 14.1 Å². The highest BCUT2D eigenvalue weighted by atomic mass is 32.1. The van der Waals surface area contributed by atoms with E-state index in [0.717, 1.165) is 48.2 Å². The van der Waals surface area contributed by atoms with E-state index in [1.54, 1.807) is 11.3 Å². The van der Waals surface area contributed by atoms with Crippen LogP contribution in [0, 0.1) is 0 Å². The molecule has 0 aliphatic carbocycles. The van der Waals surface area contributed by atoms with Crippen LogP contribution in [0.4, 0.5) is 0 Å². The van der Waals surface area contributed by atoms with Crippen molar-refractivity contribution in [1.82, 2.24) is 19.6 Å². The molecule has 32 heavy (non-hydrogen) atoms. The molecule has 0 bridgehead atoms. The van der Waals surface area contributed by atoms with Gasteiger partial charge in [-0.05, 0) is 5.56 Å². The number of carbonyl (C=O) groups is 1. The number of ether oxygens (including phenoxy) is 1. The number of nitrogens with one attached hydrogen (secondary N) is 1. The lowest BCUT2D eigenvalue weighted by molar-refractivity contribution is -0.120. The number of fused-ring (bicyclic) bond motifs is 1. The third-order valence-corrected chi connectivity index (χ3v) is 6.75. The van der Waals surface area contributed by atoms with Crippen LogP contribution >= 0.6 is 11.3 Å². The summed E-state index contributed by atoms with van der Waals surface area (Å²) in [6.07, 6.45) is 2.35. The van der Waals surface area contributed by atoms with Crippen LogP contribution in [0.15, 0.2) is 72.2 Å². The molecule has 1 atom stereocenters. The van der Waals surface area contributed by atoms with Gasteiger partial charge in [0, 0.05) is 42.5 Å². The number of imidazole rings is 1. The Bertz CT molecular complexity index is 1170. The second-order valence-corrected chi connectivity index (χ2v) is 8.76. The Kier molecular flexibility index (Phi) is 6.29. The number of benzene rings is 2. The molecule has 1 saturated heterocycles. The van der Waals surface area contributed by atoms with Crippen molar-refractivity contribution in [2.45, 2.75) is 12.5 Å². The molecule has 0 spiro atoms. The number of aromatic nitrogens is 2. The molecule has 1 amide bonds. The summed E-state index contributed by atoms with van der Waals surface area (Å²) in [5.74, 6) is 0.0221. The molecule has 3 heterocycles. The van der Waals surface area contributed by atoms with Crippen molar-refractivity contribution in [2.24, 2.45) is 0 Å². The first kappa shape index (κ1) is 20.9. The van der Waals surface area contributed by atoms with E-state index in [9.17, 15) is 4.79 Å². The van der Waals surface area contributed by atoms with Crippen molar-refractivity contribution in [2.75, 3.05) is 32.8 Å². The number of thiazole rings is 1. The van der Waals surface area contributed by atoms with E-state index in [0.29, 0.717) is 13.0 Å². The molecular weight excluding hydrogens is 420 g/mol. The molecule has 1 aliphatic heterocycles. The van der Waals surface area contributed by atoms with Crippen molar-refractivity contribution >= 4 is 22.2 Å². The second kappa shape index (κ2) is 9.65. The minimum atomic E-state index is 0.0221. The lowest BCUT2D eigenvalue weighted by atomic mass is 10.0. The Morgan fingerprint density at radius 1 is 1.06 bits per heavy atom. The molecule has 5 rings (SSSR count). The third-order valence-electron chi connectivity index (χ3n) is 5.86. The standard InChI is InChI=1S/C25H26N4O2S/c30-24(26-16-23(20-9-5-2-6-10-20)28-11-13-31-14-12-28)15-21-18-32-25-27-22(17-29(21)25)19-7-3-1-4-8-19/h1-10,17-18,23H,11-16H2,(H,26,30). The molecule has 2 aromatic heterocycles. The maximum absolute atomic E-state index is 12.9. The summed E-state index contributed by atoms with van der Waals surface area (Å²) in [6.45, 7) is 3.79. The SMILES string of the molecule is O=C(Cc1csc2nc(-c3ccccc3)cn12)NCC(c1ccccc1)N1CCOCC1. The average Bonchev–Trinajstić information content (AvgIpc) is 3.43. The van der Waals surface area contributed by atoms with Crippen LogP contribution in [0.25, 0.3) is 16.2 Å². The van der Waals surface area contributed by atoms with Crippen LogP contribution < -0.4 is 5.32 Å². The van der Waals surface area contributed by atoms with Gasteiger partial charge in [-0.2, -0.15) is 0 Å². The Labute approximate surface area is 191 Å². The largest absolute Gasteiger partial charge is 0.379 e. The molecule has 0 saturated carbocycles. The smallest absolute Gasteiger partial charge is 0.226 e. The van der Waals surface area contributed by atoms with Crippen LogP contribution in [-0.4, -0.2) is 53.0 Å². The van der Waals surface area contributed by atoms with Crippen molar-refractivity contribution < 1.29 is 9.53 Å². The number of rotatable bonds is 7. The molecule has 6 nitrogen and oxygen atoms in total. The average molecular weight is 447 g/mol. The van der Waals surface area contributed by atoms with Crippen molar-refractivity contribution in [1.29, 1.82) is 0 Å². The Hall–Kier alpha value is -3.00. The normalized spacial score (nSPS) is 15.6. The van der Waals surface area contributed by atoms with Gasteiger partial charge in [-0.1, -0.05) is 60.7 Å². The molecule has 2 aromatic carbocycles. The van der Waals surface area contributed by atoms with E-state index in [-0.39, 0.29) is 11.9 Å². The number of amides is 1. The maximum atomic E-state index is 12.9. The van der Waals surface area contributed by atoms with Crippen molar-refractivity contribution in [3.8, 4) is 11.3 Å². The number of nitrogens with zero attached hydrogens (tertiary/aromatic N) is 3. The third kappa shape index (κ3) is 4.60. The van der Waals surface area contributed by atoms with Crippen LogP contribution in [-0.2, 0) is 16.0 Å². The summed E-state index contributed by atoms with van der Waals surface area (Å²) in [4.78, 5) is 20.9. The lowest BCUT2D eigenvalue weighted by Crippen LogP contribution is -2.44. The zero-order chi connectivity index (χ0) is 21.8.